The summed E-state index contributed by atoms with van der Waals surface area (Å²) in [5, 5.41) is 3.85. The van der Waals surface area contributed by atoms with Crippen molar-refractivity contribution in [2.75, 3.05) is 6.54 Å². The summed E-state index contributed by atoms with van der Waals surface area (Å²) >= 11 is 0. The maximum atomic E-state index is 14.3. The minimum Gasteiger partial charge on any atom is -0.359 e. The summed E-state index contributed by atoms with van der Waals surface area (Å²) in [5.74, 6) is -0.139. The monoisotopic (exact) mass is 278 g/mol. The van der Waals surface area contributed by atoms with E-state index in [0.29, 0.717) is 17.9 Å². The van der Waals surface area contributed by atoms with Crippen molar-refractivity contribution in [2.24, 2.45) is 5.92 Å². The largest absolute Gasteiger partial charge is 0.359 e. The van der Waals surface area contributed by atoms with Crippen LogP contribution in [0.2, 0.25) is 0 Å². The van der Waals surface area contributed by atoms with Gasteiger partial charge in [0.1, 0.15) is 0 Å². The topological polar surface area (TPSA) is 46.3 Å². The zero-order valence-corrected chi connectivity index (χ0v) is 11.9. The maximum absolute atomic E-state index is 14.3. The first kappa shape index (κ1) is 13.3. The van der Waals surface area contributed by atoms with Crippen LogP contribution in [-0.4, -0.2) is 22.5 Å². The predicted molar refractivity (Wildman–Crippen MR) is 71.5 cm³/mol. The van der Waals surface area contributed by atoms with E-state index in [1.54, 1.807) is 11.8 Å². The Labute approximate surface area is 117 Å². The molecule has 0 radical (unpaired) electrons. The van der Waals surface area contributed by atoms with E-state index >= 15 is 0 Å². The summed E-state index contributed by atoms with van der Waals surface area (Å²) in [4.78, 5) is 13.9. The highest BCUT2D eigenvalue weighted by molar-refractivity contribution is 5.92. The molecule has 1 amide bonds. The van der Waals surface area contributed by atoms with Crippen LogP contribution in [0.4, 0.5) is 4.39 Å². The number of rotatable bonds is 3. The number of hydrogen-bond donors (Lipinski definition) is 0. The van der Waals surface area contributed by atoms with Crippen molar-refractivity contribution in [3.63, 3.8) is 0 Å². The molecule has 20 heavy (non-hydrogen) atoms. The van der Waals surface area contributed by atoms with Gasteiger partial charge in [-0.15, -0.1) is 0 Å². The lowest BCUT2D eigenvalue weighted by atomic mass is 10.1. The van der Waals surface area contributed by atoms with Crippen molar-refractivity contribution in [1.29, 1.82) is 0 Å². The molecule has 0 N–H and O–H groups in total. The van der Waals surface area contributed by atoms with E-state index in [1.165, 1.54) is 0 Å². The number of allylic oxidation sites excluding steroid dienone is 1. The smallest absolute Gasteiger partial charge is 0.283 e. The number of likely N-dealkylation sites (tertiary alicyclic amines) is 1. The molecule has 1 aromatic rings. The van der Waals surface area contributed by atoms with Crippen LogP contribution < -0.4 is 0 Å². The van der Waals surface area contributed by atoms with E-state index in [2.05, 4.69) is 5.16 Å². The number of hydrogen-bond acceptors (Lipinski definition) is 3. The summed E-state index contributed by atoms with van der Waals surface area (Å²) in [6, 6.07) is 1.65. The summed E-state index contributed by atoms with van der Waals surface area (Å²) in [7, 11) is 0. The molecule has 2 aliphatic rings. The average Bonchev–Trinajstić information content (AvgIpc) is 3.01. The Morgan fingerprint density at radius 3 is 2.80 bits per heavy atom. The second-order valence-corrected chi connectivity index (χ2v) is 5.80. The molecule has 1 aliphatic heterocycles. The lowest BCUT2D eigenvalue weighted by molar-refractivity contribution is -0.130. The lowest BCUT2D eigenvalue weighted by Gasteiger charge is -2.22. The quantitative estimate of drug-likeness (QED) is 0.797. The van der Waals surface area contributed by atoms with Gasteiger partial charge in [0, 0.05) is 12.6 Å². The molecule has 1 aromatic heterocycles. The van der Waals surface area contributed by atoms with Crippen molar-refractivity contribution in [1.82, 2.24) is 10.1 Å². The molecule has 0 aromatic carbocycles. The SMILES string of the molecule is C/C(=C(\F)C(=O)N1CCC[C@H]1c1cc(C)no1)C1CC1. The van der Waals surface area contributed by atoms with Crippen LogP contribution in [0.1, 0.15) is 50.1 Å². The Morgan fingerprint density at radius 1 is 1.45 bits per heavy atom. The fourth-order valence-electron chi connectivity index (χ4n) is 2.84. The molecule has 1 atom stereocenters. The highest BCUT2D eigenvalue weighted by Crippen LogP contribution is 2.40. The molecule has 108 valence electrons. The van der Waals surface area contributed by atoms with E-state index in [0.717, 1.165) is 31.4 Å². The number of amides is 1. The highest BCUT2D eigenvalue weighted by Gasteiger charge is 2.36. The van der Waals surface area contributed by atoms with Crippen LogP contribution in [-0.2, 0) is 4.79 Å². The highest BCUT2D eigenvalue weighted by atomic mass is 19.1. The minimum atomic E-state index is -0.573. The second kappa shape index (κ2) is 5.04. The van der Waals surface area contributed by atoms with Gasteiger partial charge in [0.05, 0.1) is 11.7 Å². The normalized spacial score (nSPS) is 23.9. The summed E-state index contributed by atoms with van der Waals surface area (Å²) in [5.41, 5.74) is 1.39. The van der Waals surface area contributed by atoms with Crippen LogP contribution in [0.15, 0.2) is 22.0 Å². The summed E-state index contributed by atoms with van der Waals surface area (Å²) < 4.78 is 19.5. The van der Waals surface area contributed by atoms with Gasteiger partial charge in [0.25, 0.3) is 5.91 Å². The fraction of sp³-hybridized carbons (Fsp3) is 0.600. The first-order chi connectivity index (χ1) is 9.58. The molecule has 0 unspecified atom stereocenters. The molecule has 0 bridgehead atoms. The Morgan fingerprint density at radius 2 is 2.20 bits per heavy atom. The van der Waals surface area contributed by atoms with E-state index in [4.69, 9.17) is 4.52 Å². The van der Waals surface area contributed by atoms with Gasteiger partial charge >= 0.3 is 0 Å². The molecule has 2 heterocycles. The Kier molecular flexibility index (Phi) is 3.36. The lowest BCUT2D eigenvalue weighted by Crippen LogP contribution is -2.31. The Balaban J connectivity index is 1.81. The van der Waals surface area contributed by atoms with E-state index in [-0.39, 0.29) is 12.0 Å². The number of halogens is 1. The van der Waals surface area contributed by atoms with Crippen LogP contribution in [0.5, 0.6) is 0 Å². The molecule has 2 fully saturated rings. The van der Waals surface area contributed by atoms with Gasteiger partial charge in [-0.05, 0) is 51.0 Å². The number of aromatic nitrogens is 1. The van der Waals surface area contributed by atoms with Crippen LogP contribution in [0.25, 0.3) is 0 Å². The number of nitrogens with zero attached hydrogens (tertiary/aromatic N) is 2. The third-order valence-corrected chi connectivity index (χ3v) is 4.21. The number of carbonyl (C=O) groups excluding carboxylic acids is 1. The van der Waals surface area contributed by atoms with Gasteiger partial charge in [-0.2, -0.15) is 0 Å². The van der Waals surface area contributed by atoms with Crippen LogP contribution in [0.3, 0.4) is 0 Å². The average molecular weight is 278 g/mol. The summed E-state index contributed by atoms with van der Waals surface area (Å²) in [6.07, 6.45) is 3.66. The molecule has 3 rings (SSSR count). The van der Waals surface area contributed by atoms with Gasteiger partial charge in [-0.3, -0.25) is 4.79 Å². The molecule has 1 saturated carbocycles. The van der Waals surface area contributed by atoms with Crippen molar-refractivity contribution >= 4 is 5.91 Å². The molecular weight excluding hydrogens is 259 g/mol. The van der Waals surface area contributed by atoms with Gasteiger partial charge in [-0.1, -0.05) is 5.16 Å². The van der Waals surface area contributed by atoms with Gasteiger partial charge in [0.15, 0.2) is 11.6 Å². The van der Waals surface area contributed by atoms with Crippen molar-refractivity contribution < 1.29 is 13.7 Å². The van der Waals surface area contributed by atoms with Gasteiger partial charge in [0.2, 0.25) is 0 Å². The molecule has 1 aliphatic carbocycles. The third-order valence-electron chi connectivity index (χ3n) is 4.21. The first-order valence-corrected chi connectivity index (χ1v) is 7.18. The van der Waals surface area contributed by atoms with Crippen molar-refractivity contribution in [3.8, 4) is 0 Å². The molecule has 4 nitrogen and oxygen atoms in total. The standard InChI is InChI=1S/C15H19FN2O2/c1-9-8-13(20-17-9)12-4-3-7-18(12)15(19)14(16)10(2)11-5-6-11/h8,11-12H,3-7H2,1-2H3/b14-10+/t12-/m0/s1. The predicted octanol–water partition coefficient (Wildman–Crippen LogP) is 3.30. The number of aryl methyl sites for hydroxylation is 1. The first-order valence-electron chi connectivity index (χ1n) is 7.18. The molecule has 5 heteroatoms. The van der Waals surface area contributed by atoms with Crippen LogP contribution >= 0.6 is 0 Å². The second-order valence-electron chi connectivity index (χ2n) is 5.80. The Bertz CT molecular complexity index is 560. The van der Waals surface area contributed by atoms with Gasteiger partial charge in [-0.25, -0.2) is 4.39 Å². The molecular formula is C15H19FN2O2. The molecule has 1 saturated heterocycles. The van der Waals surface area contributed by atoms with Gasteiger partial charge < -0.3 is 9.42 Å². The molecule has 0 spiro atoms. The zero-order chi connectivity index (χ0) is 14.3. The zero-order valence-electron chi connectivity index (χ0n) is 11.9. The van der Waals surface area contributed by atoms with Crippen molar-refractivity contribution in [3.05, 3.63) is 28.9 Å². The van der Waals surface area contributed by atoms with Crippen LogP contribution in [0, 0.1) is 12.8 Å². The van der Waals surface area contributed by atoms with Crippen molar-refractivity contribution in [2.45, 2.75) is 45.6 Å². The third kappa shape index (κ3) is 2.37. The maximum Gasteiger partial charge on any atom is 0.283 e. The Hall–Kier alpha value is -1.65. The van der Waals surface area contributed by atoms with E-state index < -0.39 is 11.7 Å². The minimum absolute atomic E-state index is 0.179. The van der Waals surface area contributed by atoms with E-state index in [1.807, 2.05) is 13.0 Å². The summed E-state index contributed by atoms with van der Waals surface area (Å²) in [6.45, 7) is 4.15. The van der Waals surface area contributed by atoms with E-state index in [9.17, 15) is 9.18 Å². The fourth-order valence-corrected chi connectivity index (χ4v) is 2.84. The number of carbonyl (C=O) groups is 1.